The van der Waals surface area contributed by atoms with Crippen LogP contribution in [0.3, 0.4) is 0 Å². The summed E-state index contributed by atoms with van der Waals surface area (Å²) >= 11 is 0. The first kappa shape index (κ1) is 19.8. The van der Waals surface area contributed by atoms with Crippen molar-refractivity contribution in [3.05, 3.63) is 71.5 Å². The van der Waals surface area contributed by atoms with Crippen LogP contribution in [0, 0.1) is 0 Å². The number of fused-ring (bicyclic) bond motifs is 1. The molecule has 1 N–H and O–H groups in total. The first-order valence-corrected chi connectivity index (χ1v) is 10.0. The van der Waals surface area contributed by atoms with Gasteiger partial charge < -0.3 is 19.7 Å². The zero-order valence-electron chi connectivity index (χ0n) is 17.3. The second kappa shape index (κ2) is 8.90. The van der Waals surface area contributed by atoms with E-state index in [0.29, 0.717) is 25.4 Å². The van der Waals surface area contributed by atoms with Crippen LogP contribution in [0.4, 0.5) is 4.79 Å². The Morgan fingerprint density at radius 3 is 2.50 bits per heavy atom. The number of nitrogens with one attached hydrogen (secondary N) is 1. The van der Waals surface area contributed by atoms with Gasteiger partial charge in [0, 0.05) is 32.0 Å². The maximum absolute atomic E-state index is 12.6. The van der Waals surface area contributed by atoms with Gasteiger partial charge in [-0.1, -0.05) is 12.1 Å². The van der Waals surface area contributed by atoms with Crippen molar-refractivity contribution in [2.45, 2.75) is 19.4 Å². The van der Waals surface area contributed by atoms with E-state index in [0.717, 1.165) is 29.8 Å². The van der Waals surface area contributed by atoms with Gasteiger partial charge in [-0.3, -0.25) is 0 Å². The van der Waals surface area contributed by atoms with Gasteiger partial charge in [-0.15, -0.1) is 0 Å². The summed E-state index contributed by atoms with van der Waals surface area (Å²) in [4.78, 5) is 14.5. The van der Waals surface area contributed by atoms with E-state index in [2.05, 4.69) is 22.5 Å². The molecule has 2 aromatic carbocycles. The van der Waals surface area contributed by atoms with E-state index in [1.165, 1.54) is 11.1 Å². The molecule has 30 heavy (non-hydrogen) atoms. The van der Waals surface area contributed by atoms with E-state index in [9.17, 15) is 4.79 Å². The second-order valence-corrected chi connectivity index (χ2v) is 7.25. The predicted octanol–water partition coefficient (Wildman–Crippen LogP) is 3.20. The van der Waals surface area contributed by atoms with Gasteiger partial charge in [-0.2, -0.15) is 5.10 Å². The molecule has 4 rings (SSSR count). The fourth-order valence-electron chi connectivity index (χ4n) is 3.72. The average molecular weight is 406 g/mol. The van der Waals surface area contributed by atoms with Crippen LogP contribution < -0.4 is 14.8 Å². The van der Waals surface area contributed by atoms with Gasteiger partial charge >= 0.3 is 6.03 Å². The van der Waals surface area contributed by atoms with Gasteiger partial charge in [0.25, 0.3) is 0 Å². The van der Waals surface area contributed by atoms with Crippen molar-refractivity contribution < 1.29 is 14.3 Å². The maximum Gasteiger partial charge on any atom is 0.317 e. The van der Waals surface area contributed by atoms with Crippen LogP contribution in [0.5, 0.6) is 11.5 Å². The number of hydrogen-bond acceptors (Lipinski definition) is 4. The molecule has 0 fully saturated rings. The molecule has 0 saturated heterocycles. The van der Waals surface area contributed by atoms with E-state index in [1.54, 1.807) is 20.4 Å². The number of methoxy groups -OCH3 is 2. The second-order valence-electron chi connectivity index (χ2n) is 7.25. The molecule has 2 heterocycles. The third-order valence-electron chi connectivity index (χ3n) is 5.40. The van der Waals surface area contributed by atoms with Gasteiger partial charge in [0.15, 0.2) is 11.5 Å². The molecule has 0 radical (unpaired) electrons. The monoisotopic (exact) mass is 406 g/mol. The van der Waals surface area contributed by atoms with E-state index < -0.39 is 0 Å². The predicted molar refractivity (Wildman–Crippen MR) is 114 cm³/mol. The zero-order valence-corrected chi connectivity index (χ0v) is 17.3. The molecule has 0 spiro atoms. The molecule has 1 aliphatic heterocycles. The van der Waals surface area contributed by atoms with Crippen LogP contribution >= 0.6 is 0 Å². The summed E-state index contributed by atoms with van der Waals surface area (Å²) in [6.45, 7) is 1.85. The molecular formula is C23H26N4O3. The summed E-state index contributed by atoms with van der Waals surface area (Å²) in [5.74, 6) is 1.42. The number of carbonyl (C=O) groups excluding carboxylic acids is 1. The summed E-state index contributed by atoms with van der Waals surface area (Å²) in [5.41, 5.74) is 4.50. The van der Waals surface area contributed by atoms with Crippen molar-refractivity contribution in [1.82, 2.24) is 20.0 Å². The van der Waals surface area contributed by atoms with E-state index in [1.807, 2.05) is 46.1 Å². The lowest BCUT2D eigenvalue weighted by atomic mass is 9.99. The smallest absolute Gasteiger partial charge is 0.317 e. The summed E-state index contributed by atoms with van der Waals surface area (Å²) in [6.07, 6.45) is 5.26. The molecular weight excluding hydrogens is 380 g/mol. The Labute approximate surface area is 176 Å². The third-order valence-corrected chi connectivity index (χ3v) is 5.40. The summed E-state index contributed by atoms with van der Waals surface area (Å²) in [7, 11) is 3.26. The standard InChI is InChI=1S/C23H26N4O3/c1-29-21-14-18-9-13-26(16-19(18)15-22(21)30-2)23(28)24-11-8-17-4-6-20(7-5-17)27-12-3-10-25-27/h3-7,10,12,14-15H,8-9,11,13,16H2,1-2H3,(H,24,28). The number of rotatable bonds is 6. The van der Waals surface area contributed by atoms with Crippen molar-refractivity contribution in [3.63, 3.8) is 0 Å². The summed E-state index contributed by atoms with van der Waals surface area (Å²) in [5, 5.41) is 7.27. The molecule has 2 amide bonds. The highest BCUT2D eigenvalue weighted by atomic mass is 16.5. The van der Waals surface area contributed by atoms with Gasteiger partial charge in [0.05, 0.1) is 19.9 Å². The Morgan fingerprint density at radius 2 is 1.83 bits per heavy atom. The normalized spacial score (nSPS) is 12.9. The minimum atomic E-state index is -0.0383. The zero-order chi connectivity index (χ0) is 20.9. The highest BCUT2D eigenvalue weighted by Crippen LogP contribution is 2.33. The van der Waals surface area contributed by atoms with Gasteiger partial charge in [-0.25, -0.2) is 9.48 Å². The highest BCUT2D eigenvalue weighted by Gasteiger charge is 2.22. The van der Waals surface area contributed by atoms with Crippen LogP contribution in [-0.2, 0) is 19.4 Å². The first-order valence-electron chi connectivity index (χ1n) is 10.0. The number of nitrogens with zero attached hydrogens (tertiary/aromatic N) is 3. The van der Waals surface area contributed by atoms with Gasteiger partial charge in [0.1, 0.15) is 0 Å². The lowest BCUT2D eigenvalue weighted by Crippen LogP contribution is -2.43. The minimum Gasteiger partial charge on any atom is -0.493 e. The number of benzene rings is 2. The van der Waals surface area contributed by atoms with E-state index in [-0.39, 0.29) is 6.03 Å². The Bertz CT molecular complexity index is 1000. The van der Waals surface area contributed by atoms with Crippen molar-refractivity contribution in [2.75, 3.05) is 27.3 Å². The average Bonchev–Trinajstić information content (AvgIpc) is 3.33. The Balaban J connectivity index is 1.31. The Hall–Kier alpha value is -3.48. The molecule has 0 unspecified atom stereocenters. The maximum atomic E-state index is 12.6. The molecule has 156 valence electrons. The lowest BCUT2D eigenvalue weighted by Gasteiger charge is -2.29. The topological polar surface area (TPSA) is 68.6 Å². The largest absolute Gasteiger partial charge is 0.493 e. The van der Waals surface area contributed by atoms with Crippen molar-refractivity contribution in [1.29, 1.82) is 0 Å². The lowest BCUT2D eigenvalue weighted by molar-refractivity contribution is 0.192. The van der Waals surface area contributed by atoms with Crippen LogP contribution in [0.2, 0.25) is 0 Å². The molecule has 3 aromatic rings. The summed E-state index contributed by atoms with van der Waals surface area (Å²) < 4.78 is 12.6. The van der Waals surface area contributed by atoms with Gasteiger partial charge in [-0.05, 0) is 59.9 Å². The quantitative estimate of drug-likeness (QED) is 0.683. The number of hydrogen-bond donors (Lipinski definition) is 1. The first-order chi connectivity index (χ1) is 14.7. The van der Waals surface area contributed by atoms with Crippen LogP contribution in [0.1, 0.15) is 16.7 Å². The molecule has 0 bridgehead atoms. The fourth-order valence-corrected chi connectivity index (χ4v) is 3.72. The third kappa shape index (κ3) is 4.25. The number of amides is 2. The van der Waals surface area contributed by atoms with E-state index in [4.69, 9.17) is 9.47 Å². The number of carbonyl (C=O) groups is 1. The van der Waals surface area contributed by atoms with Crippen LogP contribution in [0.15, 0.2) is 54.9 Å². The summed E-state index contributed by atoms with van der Waals surface area (Å²) in [6, 6.07) is 14.0. The number of aromatic nitrogens is 2. The molecule has 7 nitrogen and oxygen atoms in total. The van der Waals surface area contributed by atoms with Crippen LogP contribution in [-0.4, -0.2) is 48.0 Å². The highest BCUT2D eigenvalue weighted by molar-refractivity contribution is 5.74. The van der Waals surface area contributed by atoms with Gasteiger partial charge in [0.2, 0.25) is 0 Å². The molecule has 0 atom stereocenters. The van der Waals surface area contributed by atoms with E-state index >= 15 is 0 Å². The Kier molecular flexibility index (Phi) is 5.88. The minimum absolute atomic E-state index is 0.0383. The molecule has 1 aromatic heterocycles. The van der Waals surface area contributed by atoms with Crippen molar-refractivity contribution in [2.24, 2.45) is 0 Å². The fraction of sp³-hybridized carbons (Fsp3) is 0.304. The number of ether oxygens (including phenoxy) is 2. The number of urea groups is 1. The van der Waals surface area contributed by atoms with Crippen molar-refractivity contribution in [3.8, 4) is 17.2 Å². The molecule has 1 aliphatic rings. The van der Waals surface area contributed by atoms with Crippen LogP contribution in [0.25, 0.3) is 5.69 Å². The molecule has 0 aliphatic carbocycles. The molecule has 7 heteroatoms. The SMILES string of the molecule is COc1cc2c(cc1OC)CN(C(=O)NCCc1ccc(-n3cccn3)cc1)CC2. The Morgan fingerprint density at radius 1 is 1.10 bits per heavy atom. The van der Waals surface area contributed by atoms with Crippen molar-refractivity contribution >= 4 is 6.03 Å². The molecule has 0 saturated carbocycles.